The van der Waals surface area contributed by atoms with E-state index >= 15 is 0 Å². The molecule has 1 atom stereocenters. The van der Waals surface area contributed by atoms with Crippen LogP contribution in [-0.2, 0) is 4.79 Å². The molecule has 1 aromatic carbocycles. The van der Waals surface area contributed by atoms with Gasteiger partial charge in [0.15, 0.2) is 5.78 Å². The molecule has 2 rings (SSSR count). The molecule has 4 heteroatoms. The summed E-state index contributed by atoms with van der Waals surface area (Å²) in [5.74, 6) is -0.0497. The predicted octanol–water partition coefficient (Wildman–Crippen LogP) is 2.19. The minimum Gasteiger partial charge on any atom is -0.465 e. The van der Waals surface area contributed by atoms with E-state index in [0.717, 1.165) is 10.5 Å². The zero-order chi connectivity index (χ0) is 11.5. The van der Waals surface area contributed by atoms with Crippen LogP contribution in [0.4, 0.5) is 4.79 Å². The summed E-state index contributed by atoms with van der Waals surface area (Å²) in [5.41, 5.74) is 0.836. The summed E-state index contributed by atoms with van der Waals surface area (Å²) < 4.78 is 0. The lowest BCUT2D eigenvalue weighted by Crippen LogP contribution is -2.33. The molecule has 16 heavy (non-hydrogen) atoms. The summed E-state index contributed by atoms with van der Waals surface area (Å²) in [7, 11) is 0. The molecule has 1 aromatic rings. The summed E-state index contributed by atoms with van der Waals surface area (Å²) in [4.78, 5) is 23.5. The fourth-order valence-electron chi connectivity index (χ4n) is 1.77. The Hall–Kier alpha value is -2.10. The van der Waals surface area contributed by atoms with E-state index in [4.69, 9.17) is 5.11 Å². The second-order valence-corrected chi connectivity index (χ2v) is 3.60. The summed E-state index contributed by atoms with van der Waals surface area (Å²) in [5, 5.41) is 9.02. The van der Waals surface area contributed by atoms with Crippen LogP contribution in [-0.4, -0.2) is 21.9 Å². The number of carbonyl (C=O) groups is 2. The Balaban J connectivity index is 2.34. The average Bonchev–Trinajstić information content (AvgIpc) is 2.29. The molecule has 4 nitrogen and oxygen atoms in total. The van der Waals surface area contributed by atoms with Crippen molar-refractivity contribution in [1.82, 2.24) is 4.90 Å². The van der Waals surface area contributed by atoms with Crippen molar-refractivity contribution in [3.63, 3.8) is 0 Å². The van der Waals surface area contributed by atoms with Crippen LogP contribution in [0, 0.1) is 0 Å². The van der Waals surface area contributed by atoms with Gasteiger partial charge in [0.25, 0.3) is 0 Å². The van der Waals surface area contributed by atoms with Crippen LogP contribution >= 0.6 is 0 Å². The van der Waals surface area contributed by atoms with Crippen LogP contribution in [0.5, 0.6) is 0 Å². The fraction of sp³-hybridized carbons (Fsp3) is 0.167. The molecule has 0 aliphatic carbocycles. The molecule has 0 aromatic heterocycles. The number of amides is 1. The third kappa shape index (κ3) is 1.95. The van der Waals surface area contributed by atoms with E-state index in [-0.39, 0.29) is 12.2 Å². The lowest BCUT2D eigenvalue weighted by atomic mass is 9.98. The normalized spacial score (nSPS) is 19.9. The quantitative estimate of drug-likeness (QED) is 0.784. The highest BCUT2D eigenvalue weighted by molar-refractivity contribution is 5.92. The van der Waals surface area contributed by atoms with Crippen molar-refractivity contribution in [2.75, 3.05) is 0 Å². The van der Waals surface area contributed by atoms with Gasteiger partial charge in [-0.25, -0.2) is 4.79 Å². The summed E-state index contributed by atoms with van der Waals surface area (Å²) >= 11 is 0. The maximum absolute atomic E-state index is 11.3. The van der Waals surface area contributed by atoms with Crippen LogP contribution in [0.1, 0.15) is 18.0 Å². The third-order valence-corrected chi connectivity index (χ3v) is 2.56. The van der Waals surface area contributed by atoms with E-state index in [9.17, 15) is 9.59 Å². The van der Waals surface area contributed by atoms with E-state index < -0.39 is 12.1 Å². The number of carbonyl (C=O) groups excluding carboxylic acids is 1. The maximum atomic E-state index is 11.3. The second-order valence-electron chi connectivity index (χ2n) is 3.60. The molecule has 0 saturated heterocycles. The van der Waals surface area contributed by atoms with Crippen LogP contribution in [0.25, 0.3) is 0 Å². The standard InChI is InChI=1S/C12H11NO3/c14-10-6-7-13(12(15)16)11(8-10)9-4-2-1-3-5-9/h1-7,11H,8H2,(H,15,16)/t11-/m0/s1. The van der Waals surface area contributed by atoms with Crippen molar-refractivity contribution >= 4 is 11.9 Å². The highest BCUT2D eigenvalue weighted by atomic mass is 16.4. The van der Waals surface area contributed by atoms with Gasteiger partial charge in [-0.15, -0.1) is 0 Å². The summed E-state index contributed by atoms with van der Waals surface area (Å²) in [6, 6.07) is 8.77. The van der Waals surface area contributed by atoms with Gasteiger partial charge < -0.3 is 5.11 Å². The Morgan fingerprint density at radius 1 is 1.31 bits per heavy atom. The topological polar surface area (TPSA) is 57.6 Å². The number of benzene rings is 1. The minimum absolute atomic E-state index is 0.0497. The molecule has 0 bridgehead atoms. The Morgan fingerprint density at radius 3 is 2.62 bits per heavy atom. The van der Waals surface area contributed by atoms with Gasteiger partial charge in [0.2, 0.25) is 0 Å². The first kappa shape index (κ1) is 10.4. The fourth-order valence-corrected chi connectivity index (χ4v) is 1.77. The number of hydrogen-bond donors (Lipinski definition) is 1. The monoisotopic (exact) mass is 217 g/mol. The second kappa shape index (κ2) is 4.18. The van der Waals surface area contributed by atoms with E-state index in [1.807, 2.05) is 30.3 Å². The van der Waals surface area contributed by atoms with Gasteiger partial charge in [-0.2, -0.15) is 0 Å². The lowest BCUT2D eigenvalue weighted by Gasteiger charge is -2.28. The Kier molecular flexibility index (Phi) is 2.72. The molecule has 0 radical (unpaired) electrons. The number of allylic oxidation sites excluding steroid dienone is 1. The molecule has 1 aliphatic rings. The molecule has 0 unspecified atom stereocenters. The SMILES string of the molecule is O=C1C=CN(C(=O)O)[C@H](c2ccccc2)C1. The largest absolute Gasteiger partial charge is 0.465 e. The molecule has 0 fully saturated rings. The zero-order valence-corrected chi connectivity index (χ0v) is 8.54. The zero-order valence-electron chi connectivity index (χ0n) is 8.54. The first-order valence-electron chi connectivity index (χ1n) is 4.96. The van der Waals surface area contributed by atoms with Crippen LogP contribution in [0.15, 0.2) is 42.6 Å². The summed E-state index contributed by atoms with van der Waals surface area (Å²) in [6.45, 7) is 0. The highest BCUT2D eigenvalue weighted by Gasteiger charge is 2.27. The Morgan fingerprint density at radius 2 is 2.00 bits per heavy atom. The summed E-state index contributed by atoms with van der Waals surface area (Å²) in [6.07, 6.45) is 1.78. The van der Waals surface area contributed by atoms with Gasteiger partial charge in [-0.3, -0.25) is 9.69 Å². The van der Waals surface area contributed by atoms with Gasteiger partial charge in [-0.1, -0.05) is 30.3 Å². The Labute approximate surface area is 92.8 Å². The average molecular weight is 217 g/mol. The smallest absolute Gasteiger partial charge is 0.411 e. The van der Waals surface area contributed by atoms with E-state index in [1.165, 1.54) is 12.3 Å². The van der Waals surface area contributed by atoms with E-state index in [2.05, 4.69) is 0 Å². The molecule has 0 saturated carbocycles. The van der Waals surface area contributed by atoms with Crippen molar-refractivity contribution in [3.05, 3.63) is 48.2 Å². The number of nitrogens with zero attached hydrogens (tertiary/aromatic N) is 1. The molecular weight excluding hydrogens is 206 g/mol. The van der Waals surface area contributed by atoms with Crippen molar-refractivity contribution in [2.24, 2.45) is 0 Å². The van der Waals surface area contributed by atoms with Crippen molar-refractivity contribution in [2.45, 2.75) is 12.5 Å². The van der Waals surface area contributed by atoms with Crippen molar-refractivity contribution in [3.8, 4) is 0 Å². The highest BCUT2D eigenvalue weighted by Crippen LogP contribution is 2.28. The minimum atomic E-state index is -1.04. The van der Waals surface area contributed by atoms with Crippen molar-refractivity contribution < 1.29 is 14.7 Å². The van der Waals surface area contributed by atoms with Crippen LogP contribution in [0.2, 0.25) is 0 Å². The predicted molar refractivity (Wildman–Crippen MR) is 57.8 cm³/mol. The molecule has 1 amide bonds. The Bertz CT molecular complexity index is 439. The maximum Gasteiger partial charge on any atom is 0.411 e. The molecule has 1 heterocycles. The molecule has 0 spiro atoms. The van der Waals surface area contributed by atoms with Crippen LogP contribution in [0.3, 0.4) is 0 Å². The van der Waals surface area contributed by atoms with E-state index in [0.29, 0.717) is 0 Å². The van der Waals surface area contributed by atoms with Gasteiger partial charge in [0.05, 0.1) is 6.04 Å². The van der Waals surface area contributed by atoms with Gasteiger partial charge in [0.1, 0.15) is 0 Å². The molecule has 82 valence electrons. The van der Waals surface area contributed by atoms with Gasteiger partial charge in [-0.05, 0) is 11.6 Å². The number of rotatable bonds is 1. The number of carboxylic acid groups (broad SMARTS) is 1. The third-order valence-electron chi connectivity index (χ3n) is 2.56. The first-order chi connectivity index (χ1) is 7.68. The number of hydrogen-bond acceptors (Lipinski definition) is 2. The number of ketones is 1. The van der Waals surface area contributed by atoms with Gasteiger partial charge >= 0.3 is 6.09 Å². The van der Waals surface area contributed by atoms with Gasteiger partial charge in [0, 0.05) is 12.6 Å². The molecule has 1 aliphatic heterocycles. The van der Waals surface area contributed by atoms with E-state index in [1.54, 1.807) is 0 Å². The molecule has 1 N–H and O–H groups in total. The first-order valence-corrected chi connectivity index (χ1v) is 4.96. The van der Waals surface area contributed by atoms with Crippen molar-refractivity contribution in [1.29, 1.82) is 0 Å². The van der Waals surface area contributed by atoms with Crippen LogP contribution < -0.4 is 0 Å². The molecular formula is C12H11NO3. The lowest BCUT2D eigenvalue weighted by molar-refractivity contribution is -0.116.